The number of benzene rings is 15. The van der Waals surface area contributed by atoms with Gasteiger partial charge in [-0.15, -0.1) is 0 Å². The van der Waals surface area contributed by atoms with Crippen molar-refractivity contribution in [1.82, 2.24) is 37.8 Å². The smallest absolute Gasteiger partial charge is 0.240 e. The van der Waals surface area contributed by atoms with Crippen LogP contribution in [0.2, 0.25) is 0 Å². The first-order valence-electron chi connectivity index (χ1n) is 34.4. The lowest BCUT2D eigenvalue weighted by molar-refractivity contribution is 0.893. The molecular weight excluding hydrogens is 1230 g/mol. The molecule has 21 aromatic rings. The van der Waals surface area contributed by atoms with Crippen LogP contribution in [-0.4, -0.2) is 37.8 Å². The molecular formula is C93H58N8. The van der Waals surface area contributed by atoms with Gasteiger partial charge in [-0.25, -0.2) is 0 Å². The van der Waals surface area contributed by atoms with Crippen LogP contribution in [0, 0.1) is 0 Å². The molecule has 0 fully saturated rings. The summed E-state index contributed by atoms with van der Waals surface area (Å²) in [7, 11) is 0. The van der Waals surface area contributed by atoms with Gasteiger partial charge in [0.15, 0.2) is 5.82 Å². The highest BCUT2D eigenvalue weighted by molar-refractivity contribution is 6.14. The SMILES string of the molecule is c1ccc(-c2ccc3c4ccccc4n(-c4ccc(-c5ccc6c7ccc(-c8ccc(-n9c%10ccccc%10c%10ccc(-c%11ccccc%11)cc%109)cc8)cc7n(-c7ccc(-c8nc(-n9c%10ccccc%10c%10ccccc%109)nc(-n9c%10ccccc%10c%10ccccc%109)n8)cc7)c6c5)cc4)c3c2)cc1. The van der Waals surface area contributed by atoms with Crippen molar-refractivity contribution in [2.75, 3.05) is 0 Å². The van der Waals surface area contributed by atoms with Crippen LogP contribution in [0.1, 0.15) is 0 Å². The predicted octanol–water partition coefficient (Wildman–Crippen LogP) is 23.7. The van der Waals surface area contributed by atoms with Gasteiger partial charge in [-0.05, 0) is 154 Å². The van der Waals surface area contributed by atoms with E-state index in [9.17, 15) is 0 Å². The van der Waals surface area contributed by atoms with E-state index in [1.54, 1.807) is 0 Å². The first-order chi connectivity index (χ1) is 50.1. The molecule has 6 heterocycles. The van der Waals surface area contributed by atoms with Crippen LogP contribution in [0.4, 0.5) is 0 Å². The van der Waals surface area contributed by atoms with E-state index in [1.165, 1.54) is 65.9 Å². The van der Waals surface area contributed by atoms with Crippen LogP contribution in [-0.2, 0) is 0 Å². The third-order valence-electron chi connectivity index (χ3n) is 20.8. The number of aromatic nitrogens is 8. The van der Waals surface area contributed by atoms with Crippen molar-refractivity contribution in [3.05, 3.63) is 352 Å². The van der Waals surface area contributed by atoms with Gasteiger partial charge in [0.1, 0.15) is 0 Å². The van der Waals surface area contributed by atoms with Gasteiger partial charge in [0.05, 0.1) is 55.2 Å². The van der Waals surface area contributed by atoms with E-state index in [0.717, 1.165) is 110 Å². The van der Waals surface area contributed by atoms with Crippen molar-refractivity contribution < 1.29 is 0 Å². The van der Waals surface area contributed by atoms with Crippen LogP contribution < -0.4 is 0 Å². The molecule has 101 heavy (non-hydrogen) atoms. The quantitative estimate of drug-likeness (QED) is 0.137. The number of hydrogen-bond donors (Lipinski definition) is 0. The van der Waals surface area contributed by atoms with E-state index in [0.29, 0.717) is 17.7 Å². The summed E-state index contributed by atoms with van der Waals surface area (Å²) in [5.74, 6) is 1.64. The fraction of sp³-hybridized carbons (Fsp3) is 0. The van der Waals surface area contributed by atoms with Crippen molar-refractivity contribution in [1.29, 1.82) is 0 Å². The van der Waals surface area contributed by atoms with Crippen LogP contribution in [0.15, 0.2) is 352 Å². The average Bonchev–Trinajstić information content (AvgIpc) is 1.64. The normalized spacial score (nSPS) is 12.0. The van der Waals surface area contributed by atoms with E-state index in [1.807, 2.05) is 0 Å². The molecule has 0 amide bonds. The molecule has 0 aliphatic carbocycles. The fourth-order valence-electron chi connectivity index (χ4n) is 16.1. The number of fused-ring (bicyclic) bond motifs is 15. The first kappa shape index (κ1) is 56.5. The Morgan fingerprint density at radius 2 is 0.366 bits per heavy atom. The minimum Gasteiger partial charge on any atom is -0.309 e. The maximum absolute atomic E-state index is 5.45. The number of nitrogens with zero attached hydrogens (tertiary/aromatic N) is 8. The summed E-state index contributed by atoms with van der Waals surface area (Å²) in [5.41, 5.74) is 24.3. The summed E-state index contributed by atoms with van der Waals surface area (Å²) >= 11 is 0. The van der Waals surface area contributed by atoms with Gasteiger partial charge in [0, 0.05) is 76.5 Å². The monoisotopic (exact) mass is 1290 g/mol. The van der Waals surface area contributed by atoms with Gasteiger partial charge in [-0.1, -0.05) is 243 Å². The highest BCUT2D eigenvalue weighted by Gasteiger charge is 2.23. The van der Waals surface area contributed by atoms with Gasteiger partial charge in [0.25, 0.3) is 0 Å². The Morgan fingerprint density at radius 3 is 0.663 bits per heavy atom. The standard InChI is InChI=1S/C93H58N8/c1-3-19-59(20-4-1)64-41-51-77-75-27-7-13-29-81(75)97(87(77)55-64)68-45-35-61(36-46-68)66-43-53-79-80-54-44-67(62-37-47-69(48-38-62)98-82-30-14-8-28-76(82)78-52-42-65(56-88(78)98)60-21-5-2-6-22-60)58-90(80)99(89(79)57-66)70-49-39-63(40-50-70)91-94-92(100-83-31-15-9-23-71(83)72-24-10-16-32-84(72)100)96-93(95-91)101-85-33-17-11-25-73(85)74-26-12-18-34-86(74)101/h1-58H. The molecule has 0 saturated heterocycles. The molecule has 0 aliphatic rings. The van der Waals surface area contributed by atoms with Crippen molar-refractivity contribution >= 4 is 109 Å². The van der Waals surface area contributed by atoms with E-state index in [4.69, 9.17) is 15.0 Å². The van der Waals surface area contributed by atoms with Crippen molar-refractivity contribution in [3.63, 3.8) is 0 Å². The van der Waals surface area contributed by atoms with Gasteiger partial charge >= 0.3 is 0 Å². The van der Waals surface area contributed by atoms with E-state index in [2.05, 4.69) is 375 Å². The van der Waals surface area contributed by atoms with Crippen LogP contribution >= 0.6 is 0 Å². The molecule has 0 unspecified atom stereocenters. The summed E-state index contributed by atoms with van der Waals surface area (Å²) in [6.07, 6.45) is 0. The lowest BCUT2D eigenvalue weighted by Gasteiger charge is -2.14. The molecule has 21 rings (SSSR count). The maximum Gasteiger partial charge on any atom is 0.240 e. The lowest BCUT2D eigenvalue weighted by atomic mass is 10.0. The Bertz CT molecular complexity index is 6410. The molecule has 0 bridgehead atoms. The third-order valence-corrected chi connectivity index (χ3v) is 20.8. The Morgan fingerprint density at radius 1 is 0.149 bits per heavy atom. The highest BCUT2D eigenvalue weighted by Crippen LogP contribution is 2.42. The van der Waals surface area contributed by atoms with Gasteiger partial charge in [-0.3, -0.25) is 9.13 Å². The largest absolute Gasteiger partial charge is 0.309 e. The predicted molar refractivity (Wildman–Crippen MR) is 419 cm³/mol. The minimum atomic E-state index is 0.538. The molecule has 0 aliphatic heterocycles. The van der Waals surface area contributed by atoms with Crippen LogP contribution in [0.25, 0.3) is 194 Å². The topological polar surface area (TPSA) is 63.3 Å². The molecule has 0 saturated carbocycles. The molecule has 0 atom stereocenters. The first-order valence-corrected chi connectivity index (χ1v) is 34.4. The zero-order valence-electron chi connectivity index (χ0n) is 54.6. The fourth-order valence-corrected chi connectivity index (χ4v) is 16.1. The van der Waals surface area contributed by atoms with Crippen LogP contribution in [0.5, 0.6) is 0 Å². The number of rotatable bonds is 10. The Balaban J connectivity index is 0.720. The summed E-state index contributed by atoms with van der Waals surface area (Å²) in [6.45, 7) is 0. The molecule has 15 aromatic carbocycles. The second kappa shape index (κ2) is 22.4. The maximum atomic E-state index is 5.45. The average molecular weight is 1290 g/mol. The molecule has 6 aromatic heterocycles. The zero-order valence-corrected chi connectivity index (χ0v) is 54.6. The minimum absolute atomic E-state index is 0.538. The van der Waals surface area contributed by atoms with E-state index in [-0.39, 0.29) is 0 Å². The molecule has 8 heteroatoms. The van der Waals surface area contributed by atoms with Crippen molar-refractivity contribution in [3.8, 4) is 84.9 Å². The number of para-hydroxylation sites is 6. The van der Waals surface area contributed by atoms with Crippen molar-refractivity contribution in [2.45, 2.75) is 0 Å². The zero-order chi connectivity index (χ0) is 66.2. The molecule has 0 radical (unpaired) electrons. The second-order valence-corrected chi connectivity index (χ2v) is 26.3. The second-order valence-electron chi connectivity index (χ2n) is 26.3. The van der Waals surface area contributed by atoms with Crippen molar-refractivity contribution in [2.24, 2.45) is 0 Å². The molecule has 470 valence electrons. The van der Waals surface area contributed by atoms with E-state index >= 15 is 0 Å². The number of hydrogen-bond acceptors (Lipinski definition) is 3. The van der Waals surface area contributed by atoms with Gasteiger partial charge in [-0.2, -0.15) is 15.0 Å². The van der Waals surface area contributed by atoms with Gasteiger partial charge < -0.3 is 13.7 Å². The third kappa shape index (κ3) is 8.92. The highest BCUT2D eigenvalue weighted by atomic mass is 15.3. The summed E-state index contributed by atoms with van der Waals surface area (Å²) in [4.78, 5) is 16.4. The van der Waals surface area contributed by atoms with E-state index < -0.39 is 0 Å². The Kier molecular flexibility index (Phi) is 12.5. The Labute approximate surface area is 580 Å². The Hall–Kier alpha value is -13.7. The van der Waals surface area contributed by atoms with Crippen LogP contribution in [0.3, 0.4) is 0 Å². The summed E-state index contributed by atoms with van der Waals surface area (Å²) < 4.78 is 11.6. The van der Waals surface area contributed by atoms with Gasteiger partial charge in [0.2, 0.25) is 11.9 Å². The summed E-state index contributed by atoms with van der Waals surface area (Å²) in [5, 5.41) is 11.8. The summed E-state index contributed by atoms with van der Waals surface area (Å²) in [6, 6.07) is 128. The molecule has 8 nitrogen and oxygen atoms in total. The molecule has 0 spiro atoms. The molecule has 0 N–H and O–H groups in total. The lowest BCUT2D eigenvalue weighted by Crippen LogP contribution is -2.10.